The lowest BCUT2D eigenvalue weighted by Crippen LogP contribution is -2.21. The Balaban J connectivity index is 1.77. The van der Waals surface area contributed by atoms with Gasteiger partial charge in [0.25, 0.3) is 0 Å². The molecule has 0 unspecified atom stereocenters. The zero-order chi connectivity index (χ0) is 12.8. The molecule has 2 rings (SSSR count). The highest BCUT2D eigenvalue weighted by Crippen LogP contribution is 2.28. The molecule has 0 aliphatic heterocycles. The van der Waals surface area contributed by atoms with Gasteiger partial charge in [0.05, 0.1) is 6.54 Å². The average Bonchev–Trinajstić information content (AvgIpc) is 2.85. The molecule has 0 saturated heterocycles. The number of carbonyl (C=O) groups is 1. The number of nitrogens with zero attached hydrogens (tertiary/aromatic N) is 2. The van der Waals surface area contributed by atoms with E-state index in [1.54, 1.807) is 0 Å². The topological polar surface area (TPSA) is 80.9 Å². The third-order valence-corrected chi connectivity index (χ3v) is 4.29. The van der Waals surface area contributed by atoms with Crippen molar-refractivity contribution in [1.82, 2.24) is 10.2 Å². The minimum atomic E-state index is -0.218. The van der Waals surface area contributed by atoms with E-state index in [9.17, 15) is 4.79 Å². The lowest BCUT2D eigenvalue weighted by atomic mass is 9.86. The van der Waals surface area contributed by atoms with Crippen LogP contribution in [0, 0.1) is 5.92 Å². The van der Waals surface area contributed by atoms with Gasteiger partial charge in [-0.1, -0.05) is 43.4 Å². The van der Waals surface area contributed by atoms with Crippen molar-refractivity contribution in [2.24, 2.45) is 11.7 Å². The van der Waals surface area contributed by atoms with Crippen molar-refractivity contribution in [2.45, 2.75) is 44.9 Å². The fourth-order valence-electron chi connectivity index (χ4n) is 2.38. The van der Waals surface area contributed by atoms with E-state index in [0.717, 1.165) is 17.3 Å². The molecule has 1 amide bonds. The maximum Gasteiger partial charge on any atom is 0.239 e. The van der Waals surface area contributed by atoms with Gasteiger partial charge in [-0.3, -0.25) is 10.1 Å². The smallest absolute Gasteiger partial charge is 0.239 e. The Morgan fingerprint density at radius 3 is 2.83 bits per heavy atom. The van der Waals surface area contributed by atoms with Crippen LogP contribution in [0.2, 0.25) is 0 Å². The van der Waals surface area contributed by atoms with Crippen LogP contribution in [0.15, 0.2) is 0 Å². The number of rotatable bonds is 5. The number of nitrogens with one attached hydrogen (secondary N) is 1. The van der Waals surface area contributed by atoms with Crippen LogP contribution in [-0.4, -0.2) is 22.6 Å². The largest absolute Gasteiger partial charge is 0.322 e. The van der Waals surface area contributed by atoms with Crippen LogP contribution in [0.1, 0.15) is 43.5 Å². The first-order valence-electron chi connectivity index (χ1n) is 6.60. The predicted octanol–water partition coefficient (Wildman–Crippen LogP) is 1.95. The zero-order valence-corrected chi connectivity index (χ0v) is 11.3. The normalized spacial score (nSPS) is 16.7. The maximum atomic E-state index is 11.1. The second-order valence-corrected chi connectivity index (χ2v) is 5.86. The molecule has 100 valence electrons. The third kappa shape index (κ3) is 4.03. The summed E-state index contributed by atoms with van der Waals surface area (Å²) in [6.07, 6.45) is 9.02. The summed E-state index contributed by atoms with van der Waals surface area (Å²) in [6.45, 7) is -0.0169. The molecule has 1 aliphatic rings. The Hall–Kier alpha value is -1.01. The Morgan fingerprint density at radius 1 is 1.33 bits per heavy atom. The molecule has 0 aromatic carbocycles. The molecule has 1 fully saturated rings. The molecule has 5 nitrogen and oxygen atoms in total. The lowest BCUT2D eigenvalue weighted by molar-refractivity contribution is -0.114. The van der Waals surface area contributed by atoms with E-state index in [-0.39, 0.29) is 12.5 Å². The Labute approximate surface area is 111 Å². The van der Waals surface area contributed by atoms with Gasteiger partial charge in [-0.05, 0) is 12.3 Å². The molecule has 0 atom stereocenters. The molecule has 1 aromatic heterocycles. The lowest BCUT2D eigenvalue weighted by Gasteiger charge is -2.20. The van der Waals surface area contributed by atoms with Crippen molar-refractivity contribution in [3.63, 3.8) is 0 Å². The van der Waals surface area contributed by atoms with E-state index < -0.39 is 0 Å². The average molecular weight is 268 g/mol. The van der Waals surface area contributed by atoms with Crippen molar-refractivity contribution < 1.29 is 4.79 Å². The number of hydrogen-bond donors (Lipinski definition) is 2. The van der Waals surface area contributed by atoms with Crippen LogP contribution in [0.3, 0.4) is 0 Å². The van der Waals surface area contributed by atoms with E-state index in [4.69, 9.17) is 5.73 Å². The minimum Gasteiger partial charge on any atom is -0.322 e. The van der Waals surface area contributed by atoms with Crippen LogP contribution in [0.4, 0.5) is 5.13 Å². The quantitative estimate of drug-likeness (QED) is 0.855. The predicted molar refractivity (Wildman–Crippen MR) is 72.5 cm³/mol. The number of amides is 1. The van der Waals surface area contributed by atoms with Gasteiger partial charge >= 0.3 is 0 Å². The molecular formula is C12H20N4OS. The molecule has 0 radical (unpaired) electrons. The van der Waals surface area contributed by atoms with E-state index in [0.29, 0.717) is 5.13 Å². The first kappa shape index (κ1) is 13.4. The molecule has 1 aliphatic carbocycles. The summed E-state index contributed by atoms with van der Waals surface area (Å²) in [6, 6.07) is 0. The summed E-state index contributed by atoms with van der Waals surface area (Å²) >= 11 is 1.46. The summed E-state index contributed by atoms with van der Waals surface area (Å²) in [4.78, 5) is 11.1. The van der Waals surface area contributed by atoms with Crippen molar-refractivity contribution in [2.75, 3.05) is 11.9 Å². The standard InChI is InChI=1S/C12H20N4OS/c13-8-10(17)14-12-16-15-11(18-12)7-6-9-4-2-1-3-5-9/h9H,1-8,13H2,(H,14,16,17). The molecule has 0 bridgehead atoms. The van der Waals surface area contributed by atoms with Gasteiger partial charge < -0.3 is 5.73 Å². The SMILES string of the molecule is NCC(=O)Nc1nnc(CCC2CCCCC2)s1. The number of hydrogen-bond acceptors (Lipinski definition) is 5. The highest BCUT2D eigenvalue weighted by atomic mass is 32.1. The van der Waals surface area contributed by atoms with Crippen LogP contribution in [0.25, 0.3) is 0 Å². The van der Waals surface area contributed by atoms with Gasteiger partial charge in [0.1, 0.15) is 5.01 Å². The monoisotopic (exact) mass is 268 g/mol. The van der Waals surface area contributed by atoms with E-state index >= 15 is 0 Å². The van der Waals surface area contributed by atoms with Crippen molar-refractivity contribution in [3.05, 3.63) is 5.01 Å². The second kappa shape index (κ2) is 6.80. The molecule has 18 heavy (non-hydrogen) atoms. The van der Waals surface area contributed by atoms with Gasteiger partial charge in [-0.2, -0.15) is 0 Å². The first-order valence-corrected chi connectivity index (χ1v) is 7.42. The molecule has 0 spiro atoms. The number of aryl methyl sites for hydroxylation is 1. The number of nitrogens with two attached hydrogens (primary N) is 1. The molecule has 1 heterocycles. The zero-order valence-electron chi connectivity index (χ0n) is 10.5. The van der Waals surface area contributed by atoms with Crippen molar-refractivity contribution in [1.29, 1.82) is 0 Å². The number of anilines is 1. The van der Waals surface area contributed by atoms with Crippen molar-refractivity contribution >= 4 is 22.4 Å². The van der Waals surface area contributed by atoms with Crippen LogP contribution >= 0.6 is 11.3 Å². The summed E-state index contributed by atoms with van der Waals surface area (Å²) in [5.74, 6) is 0.634. The van der Waals surface area contributed by atoms with Crippen LogP contribution < -0.4 is 11.1 Å². The van der Waals surface area contributed by atoms with E-state index in [2.05, 4.69) is 15.5 Å². The highest BCUT2D eigenvalue weighted by Gasteiger charge is 2.14. The first-order chi connectivity index (χ1) is 8.78. The summed E-state index contributed by atoms with van der Waals surface area (Å²) < 4.78 is 0. The Kier molecular flexibility index (Phi) is 5.07. The van der Waals surface area contributed by atoms with Crippen molar-refractivity contribution in [3.8, 4) is 0 Å². The van der Waals surface area contributed by atoms with E-state index in [1.165, 1.54) is 49.9 Å². The van der Waals surface area contributed by atoms with Gasteiger partial charge in [-0.25, -0.2) is 0 Å². The molecule has 1 saturated carbocycles. The second-order valence-electron chi connectivity index (χ2n) is 4.80. The third-order valence-electron chi connectivity index (χ3n) is 3.39. The Morgan fingerprint density at radius 2 is 2.11 bits per heavy atom. The van der Waals surface area contributed by atoms with Gasteiger partial charge in [-0.15, -0.1) is 10.2 Å². The van der Waals surface area contributed by atoms with Gasteiger partial charge in [0.15, 0.2) is 0 Å². The summed E-state index contributed by atoms with van der Waals surface area (Å²) in [5, 5.41) is 12.2. The molecular weight excluding hydrogens is 248 g/mol. The number of carbonyl (C=O) groups excluding carboxylic acids is 1. The van der Waals surface area contributed by atoms with Crippen LogP contribution in [-0.2, 0) is 11.2 Å². The van der Waals surface area contributed by atoms with Gasteiger partial charge in [0.2, 0.25) is 11.0 Å². The molecule has 6 heteroatoms. The maximum absolute atomic E-state index is 11.1. The minimum absolute atomic E-state index is 0.0169. The molecule has 3 N–H and O–H groups in total. The summed E-state index contributed by atoms with van der Waals surface area (Å²) in [5.41, 5.74) is 5.23. The van der Waals surface area contributed by atoms with Gasteiger partial charge in [0, 0.05) is 6.42 Å². The molecule has 1 aromatic rings. The highest BCUT2D eigenvalue weighted by molar-refractivity contribution is 7.15. The number of aromatic nitrogens is 2. The van der Waals surface area contributed by atoms with Crippen LogP contribution in [0.5, 0.6) is 0 Å². The fraction of sp³-hybridized carbons (Fsp3) is 0.750. The Bertz CT molecular complexity index is 387. The summed E-state index contributed by atoms with van der Waals surface area (Å²) in [7, 11) is 0. The fourth-order valence-corrected chi connectivity index (χ4v) is 3.15. The van der Waals surface area contributed by atoms with E-state index in [1.807, 2.05) is 0 Å².